The maximum atomic E-state index is 12.8. The summed E-state index contributed by atoms with van der Waals surface area (Å²) in [5.41, 5.74) is 2.13. The number of rotatable bonds is 7. The highest BCUT2D eigenvalue weighted by Gasteiger charge is 2.22. The Morgan fingerprint density at radius 2 is 1.22 bits per heavy atom. The molecule has 138 valence electrons. The fourth-order valence-corrected chi connectivity index (χ4v) is 3.04. The fraction of sp³-hybridized carbons (Fsp3) is 0.174. The van der Waals surface area contributed by atoms with Crippen molar-refractivity contribution in [3.8, 4) is 17.2 Å². The first kappa shape index (κ1) is 18.5. The molecular formula is C23H22O4. The molecular weight excluding hydrogens is 340 g/mol. The molecule has 0 atom stereocenters. The standard InChI is InChI=1S/C23H22O4/c1-25-20-14-9-15-21(26-2)23(20)27-22(24)16-19(17-10-5-3-6-11-17)18-12-7-4-8-13-18/h3-15,19H,16H2,1-2H3. The fourth-order valence-electron chi connectivity index (χ4n) is 3.04. The van der Waals surface area contributed by atoms with Crippen LogP contribution in [0.5, 0.6) is 17.2 Å². The highest BCUT2D eigenvalue weighted by Crippen LogP contribution is 2.38. The number of carbonyl (C=O) groups excluding carboxylic acids is 1. The summed E-state index contributed by atoms with van der Waals surface area (Å²) in [6.07, 6.45) is 0.204. The number of ether oxygens (including phenoxy) is 3. The lowest BCUT2D eigenvalue weighted by molar-refractivity contribution is -0.134. The van der Waals surface area contributed by atoms with E-state index >= 15 is 0 Å². The number of methoxy groups -OCH3 is 2. The lowest BCUT2D eigenvalue weighted by Gasteiger charge is -2.18. The maximum Gasteiger partial charge on any atom is 0.312 e. The molecule has 3 rings (SSSR count). The van der Waals surface area contributed by atoms with Crippen LogP contribution in [0.4, 0.5) is 0 Å². The van der Waals surface area contributed by atoms with Gasteiger partial charge in [0.25, 0.3) is 0 Å². The summed E-state index contributed by atoms with van der Waals surface area (Å²) < 4.78 is 16.3. The molecule has 0 radical (unpaired) electrons. The molecule has 3 aromatic rings. The van der Waals surface area contributed by atoms with Crippen molar-refractivity contribution in [1.82, 2.24) is 0 Å². The molecule has 0 aliphatic carbocycles. The van der Waals surface area contributed by atoms with Crippen LogP contribution in [0.3, 0.4) is 0 Å². The summed E-state index contributed by atoms with van der Waals surface area (Å²) in [6.45, 7) is 0. The van der Waals surface area contributed by atoms with Gasteiger partial charge in [0.1, 0.15) is 0 Å². The van der Waals surface area contributed by atoms with Gasteiger partial charge in [-0.1, -0.05) is 66.7 Å². The summed E-state index contributed by atoms with van der Waals surface area (Å²) in [4.78, 5) is 12.8. The largest absolute Gasteiger partial charge is 0.493 e. The minimum absolute atomic E-state index is 0.0967. The molecule has 0 unspecified atom stereocenters. The molecule has 0 fully saturated rings. The third kappa shape index (κ3) is 4.47. The van der Waals surface area contributed by atoms with E-state index < -0.39 is 0 Å². The van der Waals surface area contributed by atoms with Gasteiger partial charge in [0.05, 0.1) is 20.6 Å². The number of hydrogen-bond acceptors (Lipinski definition) is 4. The minimum Gasteiger partial charge on any atom is -0.493 e. The molecule has 0 saturated heterocycles. The zero-order chi connectivity index (χ0) is 19.1. The van der Waals surface area contributed by atoms with Crippen molar-refractivity contribution in [2.75, 3.05) is 14.2 Å². The van der Waals surface area contributed by atoms with Crippen molar-refractivity contribution >= 4 is 5.97 Å². The topological polar surface area (TPSA) is 44.8 Å². The van der Waals surface area contributed by atoms with Crippen LogP contribution in [0.2, 0.25) is 0 Å². The van der Waals surface area contributed by atoms with Crippen LogP contribution in [-0.4, -0.2) is 20.2 Å². The molecule has 0 aromatic heterocycles. The van der Waals surface area contributed by atoms with Gasteiger partial charge in [-0.05, 0) is 23.3 Å². The predicted molar refractivity (Wildman–Crippen MR) is 105 cm³/mol. The van der Waals surface area contributed by atoms with Gasteiger partial charge in [0.2, 0.25) is 5.75 Å². The third-order valence-electron chi connectivity index (χ3n) is 4.37. The van der Waals surface area contributed by atoms with Crippen LogP contribution in [0.25, 0.3) is 0 Å². The molecule has 3 aromatic carbocycles. The Bertz CT molecular complexity index is 814. The summed E-state index contributed by atoms with van der Waals surface area (Å²) in [5.74, 6) is 0.765. The molecule has 0 N–H and O–H groups in total. The van der Waals surface area contributed by atoms with Crippen molar-refractivity contribution in [2.45, 2.75) is 12.3 Å². The lowest BCUT2D eigenvalue weighted by Crippen LogP contribution is -2.15. The van der Waals surface area contributed by atoms with E-state index in [2.05, 4.69) is 0 Å². The van der Waals surface area contributed by atoms with Crippen molar-refractivity contribution in [3.05, 3.63) is 90.0 Å². The Kier molecular flexibility index (Phi) is 6.10. The van der Waals surface area contributed by atoms with Crippen molar-refractivity contribution in [1.29, 1.82) is 0 Å². The predicted octanol–water partition coefficient (Wildman–Crippen LogP) is 4.83. The van der Waals surface area contributed by atoms with E-state index in [-0.39, 0.29) is 18.3 Å². The van der Waals surface area contributed by atoms with E-state index in [9.17, 15) is 4.79 Å². The first-order chi connectivity index (χ1) is 13.2. The Hall–Kier alpha value is -3.27. The molecule has 0 saturated carbocycles. The van der Waals surface area contributed by atoms with Crippen LogP contribution < -0.4 is 14.2 Å². The molecule has 0 aliphatic rings. The third-order valence-corrected chi connectivity index (χ3v) is 4.37. The van der Waals surface area contributed by atoms with Crippen LogP contribution in [0.15, 0.2) is 78.9 Å². The zero-order valence-corrected chi connectivity index (χ0v) is 15.4. The minimum atomic E-state index is -0.351. The van der Waals surface area contributed by atoms with E-state index in [4.69, 9.17) is 14.2 Å². The van der Waals surface area contributed by atoms with Crippen LogP contribution in [0.1, 0.15) is 23.5 Å². The maximum absolute atomic E-state index is 12.8. The molecule has 4 heteroatoms. The van der Waals surface area contributed by atoms with Crippen LogP contribution >= 0.6 is 0 Å². The van der Waals surface area contributed by atoms with Gasteiger partial charge >= 0.3 is 5.97 Å². The quantitative estimate of drug-likeness (QED) is 0.446. The normalized spacial score (nSPS) is 10.5. The highest BCUT2D eigenvalue weighted by atomic mass is 16.6. The Morgan fingerprint density at radius 1 is 0.741 bits per heavy atom. The average molecular weight is 362 g/mol. The smallest absolute Gasteiger partial charge is 0.312 e. The molecule has 0 aliphatic heterocycles. The van der Waals surface area contributed by atoms with Gasteiger partial charge in [-0.3, -0.25) is 4.79 Å². The first-order valence-electron chi connectivity index (χ1n) is 8.74. The second-order valence-electron chi connectivity index (χ2n) is 6.04. The number of carbonyl (C=O) groups is 1. The summed E-state index contributed by atoms with van der Waals surface area (Å²) in [6, 6.07) is 25.2. The summed E-state index contributed by atoms with van der Waals surface area (Å²) in [7, 11) is 3.06. The van der Waals surface area contributed by atoms with E-state index in [1.807, 2.05) is 60.7 Å². The second kappa shape index (κ2) is 8.90. The van der Waals surface area contributed by atoms with E-state index in [0.717, 1.165) is 11.1 Å². The molecule has 4 nitrogen and oxygen atoms in total. The number of hydrogen-bond donors (Lipinski definition) is 0. The van der Waals surface area contributed by atoms with E-state index in [1.54, 1.807) is 18.2 Å². The molecule has 0 heterocycles. The number of esters is 1. The van der Waals surface area contributed by atoms with Crippen molar-refractivity contribution in [3.63, 3.8) is 0 Å². The highest BCUT2D eigenvalue weighted by molar-refractivity contribution is 5.76. The van der Waals surface area contributed by atoms with Gasteiger partial charge in [0.15, 0.2) is 11.5 Å². The van der Waals surface area contributed by atoms with Gasteiger partial charge < -0.3 is 14.2 Å². The van der Waals surface area contributed by atoms with Crippen LogP contribution in [-0.2, 0) is 4.79 Å². The zero-order valence-electron chi connectivity index (χ0n) is 15.4. The molecule has 0 spiro atoms. The number of benzene rings is 3. The second-order valence-corrected chi connectivity index (χ2v) is 6.04. The summed E-state index contributed by atoms with van der Waals surface area (Å²) >= 11 is 0. The Labute approximate surface area is 159 Å². The van der Waals surface area contributed by atoms with Crippen LogP contribution in [0, 0.1) is 0 Å². The molecule has 0 amide bonds. The number of para-hydroxylation sites is 1. The van der Waals surface area contributed by atoms with Crippen molar-refractivity contribution in [2.24, 2.45) is 0 Å². The average Bonchev–Trinajstić information content (AvgIpc) is 2.73. The van der Waals surface area contributed by atoms with Crippen molar-refractivity contribution < 1.29 is 19.0 Å². The van der Waals surface area contributed by atoms with Gasteiger partial charge in [-0.2, -0.15) is 0 Å². The van der Waals surface area contributed by atoms with E-state index in [1.165, 1.54) is 14.2 Å². The van der Waals surface area contributed by atoms with Gasteiger partial charge in [-0.25, -0.2) is 0 Å². The Balaban J connectivity index is 1.86. The van der Waals surface area contributed by atoms with E-state index in [0.29, 0.717) is 17.2 Å². The summed E-state index contributed by atoms with van der Waals surface area (Å²) in [5, 5.41) is 0. The molecule has 27 heavy (non-hydrogen) atoms. The Morgan fingerprint density at radius 3 is 1.67 bits per heavy atom. The van der Waals surface area contributed by atoms with Gasteiger partial charge in [-0.15, -0.1) is 0 Å². The SMILES string of the molecule is COc1cccc(OC)c1OC(=O)CC(c1ccccc1)c1ccccc1. The first-order valence-corrected chi connectivity index (χ1v) is 8.74. The molecule has 0 bridgehead atoms. The lowest BCUT2D eigenvalue weighted by atomic mass is 9.88. The van der Waals surface area contributed by atoms with Gasteiger partial charge in [0, 0.05) is 5.92 Å². The monoisotopic (exact) mass is 362 g/mol.